The van der Waals surface area contributed by atoms with Gasteiger partial charge in [-0.15, -0.1) is 0 Å². The van der Waals surface area contributed by atoms with E-state index in [-0.39, 0.29) is 19.4 Å². The molecule has 0 amide bonds. The van der Waals surface area contributed by atoms with Crippen molar-refractivity contribution in [1.82, 2.24) is 5.32 Å². The van der Waals surface area contributed by atoms with Crippen molar-refractivity contribution in [2.75, 3.05) is 19.7 Å². The molecule has 1 aliphatic carbocycles. The molecule has 4 nitrogen and oxygen atoms in total. The van der Waals surface area contributed by atoms with Crippen molar-refractivity contribution in [2.24, 2.45) is 11.8 Å². The van der Waals surface area contributed by atoms with Crippen LogP contribution in [0.25, 0.3) is 0 Å². The van der Waals surface area contributed by atoms with Gasteiger partial charge in [-0.05, 0) is 43.8 Å². The van der Waals surface area contributed by atoms with Crippen LogP contribution in [-0.4, -0.2) is 36.7 Å². The molecule has 1 aliphatic heterocycles. The first-order chi connectivity index (χ1) is 11.9. The maximum atomic E-state index is 13.7. The Kier molecular flexibility index (Phi) is 5.39. The minimum atomic E-state index is -2.84. The van der Waals surface area contributed by atoms with Gasteiger partial charge >= 0.3 is 5.97 Å². The zero-order chi connectivity index (χ0) is 17.9. The quantitative estimate of drug-likeness (QED) is 0.772. The predicted molar refractivity (Wildman–Crippen MR) is 89.2 cm³/mol. The Hall–Kier alpha value is -1.53. The van der Waals surface area contributed by atoms with Crippen LogP contribution in [0.15, 0.2) is 30.3 Å². The van der Waals surface area contributed by atoms with Crippen LogP contribution in [-0.2, 0) is 15.1 Å². The van der Waals surface area contributed by atoms with Gasteiger partial charge in [0.05, 0.1) is 6.61 Å². The van der Waals surface area contributed by atoms with Crippen LogP contribution in [0.5, 0.6) is 0 Å². The lowest BCUT2D eigenvalue weighted by atomic mass is 9.80. The van der Waals surface area contributed by atoms with Crippen molar-refractivity contribution in [3.63, 3.8) is 0 Å². The highest BCUT2D eigenvalue weighted by Gasteiger charge is 2.54. The number of aliphatic hydroxyl groups is 1. The Balaban J connectivity index is 1.73. The summed E-state index contributed by atoms with van der Waals surface area (Å²) in [7, 11) is 0. The molecule has 25 heavy (non-hydrogen) atoms. The molecule has 0 aromatic heterocycles. The summed E-state index contributed by atoms with van der Waals surface area (Å²) in [4.78, 5) is 12.7. The van der Waals surface area contributed by atoms with Gasteiger partial charge in [0.2, 0.25) is 5.92 Å². The minimum absolute atomic E-state index is 0.0973. The van der Waals surface area contributed by atoms with Gasteiger partial charge in [-0.25, -0.2) is 13.6 Å². The molecule has 2 N–H and O–H groups in total. The van der Waals surface area contributed by atoms with Gasteiger partial charge in [0.1, 0.15) is 0 Å². The van der Waals surface area contributed by atoms with Gasteiger partial charge in [-0.3, -0.25) is 0 Å². The maximum absolute atomic E-state index is 13.7. The normalized spacial score (nSPS) is 27.8. The fourth-order valence-corrected chi connectivity index (χ4v) is 3.91. The number of hydrogen-bond acceptors (Lipinski definition) is 4. The number of esters is 1. The van der Waals surface area contributed by atoms with Crippen molar-refractivity contribution in [3.05, 3.63) is 35.9 Å². The summed E-state index contributed by atoms with van der Waals surface area (Å²) in [5, 5.41) is 14.4. The molecule has 1 aromatic carbocycles. The number of hydrogen-bond donors (Lipinski definition) is 2. The largest absolute Gasteiger partial charge is 0.463 e. The fourth-order valence-electron chi connectivity index (χ4n) is 3.91. The second kappa shape index (κ2) is 7.38. The van der Waals surface area contributed by atoms with Crippen molar-refractivity contribution >= 4 is 5.97 Å². The lowest BCUT2D eigenvalue weighted by Gasteiger charge is -2.32. The standard InChI is InChI=1S/C19H25F2NO3/c20-18(21)9-6-16(12-18)19(24,15-4-2-1-3-5-15)17(23)25-11-8-14-7-10-22-13-14/h1-5,14,16,22,24H,6-13H2. The lowest BCUT2D eigenvalue weighted by Crippen LogP contribution is -2.44. The average Bonchev–Trinajstić information content (AvgIpc) is 3.24. The number of benzene rings is 1. The third-order valence-electron chi connectivity index (χ3n) is 5.44. The summed E-state index contributed by atoms with van der Waals surface area (Å²) in [5.41, 5.74) is -1.69. The molecule has 1 aromatic rings. The molecule has 3 rings (SSSR count). The third-order valence-corrected chi connectivity index (χ3v) is 5.44. The highest BCUT2D eigenvalue weighted by Crippen LogP contribution is 2.47. The molecule has 1 saturated carbocycles. The molecule has 3 atom stereocenters. The number of ether oxygens (including phenoxy) is 1. The topological polar surface area (TPSA) is 58.6 Å². The summed E-state index contributed by atoms with van der Waals surface area (Å²) < 4.78 is 32.7. The molecule has 3 unspecified atom stereocenters. The maximum Gasteiger partial charge on any atom is 0.343 e. The predicted octanol–water partition coefficient (Wildman–Crippen LogP) is 2.85. The fraction of sp³-hybridized carbons (Fsp3) is 0.632. The van der Waals surface area contributed by atoms with Crippen molar-refractivity contribution < 1.29 is 23.4 Å². The van der Waals surface area contributed by atoms with E-state index in [0.29, 0.717) is 17.9 Å². The number of carbonyl (C=O) groups is 1. The minimum Gasteiger partial charge on any atom is -0.463 e. The van der Waals surface area contributed by atoms with E-state index in [2.05, 4.69) is 5.32 Å². The van der Waals surface area contributed by atoms with Gasteiger partial charge in [0.25, 0.3) is 0 Å². The highest BCUT2D eigenvalue weighted by atomic mass is 19.3. The molecule has 1 saturated heterocycles. The van der Waals surface area contributed by atoms with Gasteiger partial charge in [-0.1, -0.05) is 30.3 Å². The van der Waals surface area contributed by atoms with Crippen LogP contribution >= 0.6 is 0 Å². The third kappa shape index (κ3) is 4.01. The second-order valence-corrected chi connectivity index (χ2v) is 7.21. The molecule has 0 spiro atoms. The monoisotopic (exact) mass is 353 g/mol. The van der Waals surface area contributed by atoms with Crippen LogP contribution in [0.1, 0.15) is 37.7 Å². The molecule has 1 heterocycles. The van der Waals surface area contributed by atoms with Gasteiger partial charge in [-0.2, -0.15) is 0 Å². The zero-order valence-electron chi connectivity index (χ0n) is 14.2. The molecule has 6 heteroatoms. The summed E-state index contributed by atoms with van der Waals surface area (Å²) in [6.45, 7) is 2.06. The van der Waals surface area contributed by atoms with Crippen molar-refractivity contribution in [2.45, 2.75) is 43.6 Å². The van der Waals surface area contributed by atoms with E-state index in [1.54, 1.807) is 30.3 Å². The molecule has 2 aliphatic rings. The summed E-state index contributed by atoms with van der Waals surface area (Å²) >= 11 is 0. The number of rotatable bonds is 6. The van der Waals surface area contributed by atoms with Crippen LogP contribution in [0.4, 0.5) is 8.78 Å². The molecular formula is C19H25F2NO3. The first kappa shape index (κ1) is 18.3. The van der Waals surface area contributed by atoms with Crippen LogP contribution in [0.2, 0.25) is 0 Å². The van der Waals surface area contributed by atoms with E-state index in [4.69, 9.17) is 4.74 Å². The Morgan fingerprint density at radius 1 is 1.32 bits per heavy atom. The van der Waals surface area contributed by atoms with Crippen LogP contribution in [0, 0.1) is 11.8 Å². The smallest absolute Gasteiger partial charge is 0.343 e. The summed E-state index contributed by atoms with van der Waals surface area (Å²) in [6.07, 6.45) is 1.04. The van der Waals surface area contributed by atoms with E-state index in [0.717, 1.165) is 19.5 Å². The molecule has 2 fully saturated rings. The molecular weight excluding hydrogens is 328 g/mol. The van der Waals surface area contributed by atoms with Gasteiger partial charge < -0.3 is 15.2 Å². The Bertz CT molecular complexity index is 590. The summed E-state index contributed by atoms with van der Waals surface area (Å²) in [6, 6.07) is 8.32. The SMILES string of the molecule is O=C(OCCC1CCNC1)C(O)(c1ccccc1)C1CCC(F)(F)C1. The highest BCUT2D eigenvalue weighted by molar-refractivity contribution is 5.81. The molecule has 138 valence electrons. The van der Waals surface area contributed by atoms with E-state index in [1.807, 2.05) is 0 Å². The van der Waals surface area contributed by atoms with Gasteiger partial charge in [0.15, 0.2) is 5.60 Å². The Labute approximate surface area is 146 Å². The average molecular weight is 353 g/mol. The summed E-state index contributed by atoms with van der Waals surface area (Å²) in [5.74, 6) is -4.05. The Morgan fingerprint density at radius 2 is 2.08 bits per heavy atom. The number of halogens is 2. The van der Waals surface area contributed by atoms with E-state index in [1.165, 1.54) is 0 Å². The van der Waals surface area contributed by atoms with E-state index in [9.17, 15) is 18.7 Å². The number of nitrogens with one attached hydrogen (secondary N) is 1. The lowest BCUT2D eigenvalue weighted by molar-refractivity contribution is -0.175. The van der Waals surface area contributed by atoms with Crippen molar-refractivity contribution in [1.29, 1.82) is 0 Å². The molecule has 0 bridgehead atoms. The zero-order valence-corrected chi connectivity index (χ0v) is 14.2. The Morgan fingerprint density at radius 3 is 2.68 bits per heavy atom. The van der Waals surface area contributed by atoms with Crippen molar-refractivity contribution in [3.8, 4) is 0 Å². The van der Waals surface area contributed by atoms with E-state index >= 15 is 0 Å². The first-order valence-electron chi connectivity index (χ1n) is 8.95. The van der Waals surface area contributed by atoms with Crippen LogP contribution in [0.3, 0.4) is 0 Å². The number of carbonyl (C=O) groups excluding carboxylic acids is 1. The molecule has 0 radical (unpaired) electrons. The number of alkyl halides is 2. The van der Waals surface area contributed by atoms with Gasteiger partial charge in [0, 0.05) is 18.8 Å². The first-order valence-corrected chi connectivity index (χ1v) is 8.95. The second-order valence-electron chi connectivity index (χ2n) is 7.21. The van der Waals surface area contributed by atoms with E-state index < -0.39 is 29.8 Å². The van der Waals surface area contributed by atoms with Crippen LogP contribution < -0.4 is 5.32 Å².